The van der Waals surface area contributed by atoms with Crippen LogP contribution < -0.4 is 11.1 Å². The summed E-state index contributed by atoms with van der Waals surface area (Å²) in [5.41, 5.74) is 5.66. The smallest absolute Gasteiger partial charge is 0.294 e. The molecule has 0 fully saturated rings. The Morgan fingerprint density at radius 3 is 2.68 bits per heavy atom. The van der Waals surface area contributed by atoms with Gasteiger partial charge in [-0.05, 0) is 18.1 Å². The van der Waals surface area contributed by atoms with Gasteiger partial charge in [0.25, 0.3) is 5.69 Å². The summed E-state index contributed by atoms with van der Waals surface area (Å²) in [5.74, 6) is -0.197. The molecule has 3 N–H and O–H groups in total. The third-order valence-electron chi connectivity index (χ3n) is 2.71. The van der Waals surface area contributed by atoms with Crippen LogP contribution in [0.4, 0.5) is 11.4 Å². The molecule has 0 spiro atoms. The molecular weight excluding hydrogens is 270 g/mol. The number of nitrogens with two attached hydrogens (primary N) is 1. The Hall–Kier alpha value is -1.66. The van der Waals surface area contributed by atoms with Gasteiger partial charge in [0.05, 0.1) is 4.92 Å². The summed E-state index contributed by atoms with van der Waals surface area (Å²) in [6.07, 6.45) is 0.109. The Labute approximate surface area is 116 Å². The molecule has 19 heavy (non-hydrogen) atoms. The van der Waals surface area contributed by atoms with Crippen molar-refractivity contribution in [2.75, 3.05) is 5.32 Å². The number of carbonyl (C=O) groups is 1. The van der Waals surface area contributed by atoms with Crippen molar-refractivity contribution in [3.05, 3.63) is 33.3 Å². The van der Waals surface area contributed by atoms with Crippen LogP contribution in [-0.4, -0.2) is 16.9 Å². The highest BCUT2D eigenvalue weighted by molar-refractivity contribution is 6.31. The zero-order chi connectivity index (χ0) is 14.6. The fourth-order valence-electron chi connectivity index (χ4n) is 1.41. The van der Waals surface area contributed by atoms with Crippen LogP contribution in [0.2, 0.25) is 5.02 Å². The predicted octanol–water partition coefficient (Wildman–Crippen LogP) is 2.56. The van der Waals surface area contributed by atoms with Gasteiger partial charge in [-0.25, -0.2) is 0 Å². The molecule has 1 aromatic rings. The first kappa shape index (κ1) is 15.4. The summed E-state index contributed by atoms with van der Waals surface area (Å²) in [6, 6.07) is 3.79. The standard InChI is InChI=1S/C12H16ClN3O3/c1-7(2)9(14)6-12(17)15-10-4-3-8(13)5-11(10)16(18)19/h3-5,7,9H,6,14H2,1-2H3,(H,15,17). The minimum atomic E-state index is -0.593. The van der Waals surface area contributed by atoms with Crippen LogP contribution >= 0.6 is 11.6 Å². The molecular formula is C12H16ClN3O3. The van der Waals surface area contributed by atoms with Gasteiger partial charge >= 0.3 is 0 Å². The van der Waals surface area contributed by atoms with E-state index >= 15 is 0 Å². The first-order valence-corrected chi connectivity index (χ1v) is 6.18. The Kier molecular flexibility index (Phi) is 5.26. The van der Waals surface area contributed by atoms with Crippen LogP contribution in [0.15, 0.2) is 18.2 Å². The van der Waals surface area contributed by atoms with Gasteiger partial charge in [-0.15, -0.1) is 0 Å². The number of anilines is 1. The summed E-state index contributed by atoms with van der Waals surface area (Å²) >= 11 is 5.69. The van der Waals surface area contributed by atoms with Crippen LogP contribution in [-0.2, 0) is 4.79 Å². The number of nitrogens with one attached hydrogen (secondary N) is 1. The van der Waals surface area contributed by atoms with E-state index in [0.29, 0.717) is 0 Å². The summed E-state index contributed by atoms with van der Waals surface area (Å²) in [6.45, 7) is 3.81. The average Bonchev–Trinajstić information content (AvgIpc) is 2.30. The maximum absolute atomic E-state index is 11.7. The second-order valence-electron chi connectivity index (χ2n) is 4.58. The monoisotopic (exact) mass is 285 g/mol. The molecule has 1 rings (SSSR count). The molecule has 0 aliphatic heterocycles. The lowest BCUT2D eigenvalue weighted by molar-refractivity contribution is -0.383. The van der Waals surface area contributed by atoms with E-state index in [0.717, 1.165) is 0 Å². The fraction of sp³-hybridized carbons (Fsp3) is 0.417. The average molecular weight is 286 g/mol. The highest BCUT2D eigenvalue weighted by atomic mass is 35.5. The molecule has 0 aliphatic rings. The quantitative estimate of drug-likeness (QED) is 0.641. The fourth-order valence-corrected chi connectivity index (χ4v) is 1.58. The zero-order valence-electron chi connectivity index (χ0n) is 10.7. The first-order chi connectivity index (χ1) is 8.81. The highest BCUT2D eigenvalue weighted by Gasteiger charge is 2.18. The van der Waals surface area contributed by atoms with Gasteiger partial charge in [-0.3, -0.25) is 14.9 Å². The van der Waals surface area contributed by atoms with Crippen molar-refractivity contribution in [2.24, 2.45) is 11.7 Å². The molecule has 0 bridgehead atoms. The summed E-state index contributed by atoms with van der Waals surface area (Å²) in [5, 5.41) is 13.6. The van der Waals surface area contributed by atoms with E-state index in [2.05, 4.69) is 5.32 Å². The topological polar surface area (TPSA) is 98.3 Å². The second-order valence-corrected chi connectivity index (χ2v) is 5.02. The Balaban J connectivity index is 2.82. The lowest BCUT2D eigenvalue weighted by Crippen LogP contribution is -2.31. The number of nitro groups is 1. The molecule has 0 saturated carbocycles. The third-order valence-corrected chi connectivity index (χ3v) is 2.94. The van der Waals surface area contributed by atoms with Gasteiger partial charge in [0.15, 0.2) is 0 Å². The van der Waals surface area contributed by atoms with Gasteiger partial charge in [0.2, 0.25) is 5.91 Å². The first-order valence-electron chi connectivity index (χ1n) is 5.80. The number of carbonyl (C=O) groups excluding carboxylic acids is 1. The number of benzene rings is 1. The number of halogens is 1. The van der Waals surface area contributed by atoms with Crippen molar-refractivity contribution >= 4 is 28.9 Å². The van der Waals surface area contributed by atoms with Gasteiger partial charge < -0.3 is 11.1 Å². The molecule has 1 unspecified atom stereocenters. The van der Waals surface area contributed by atoms with Crippen molar-refractivity contribution < 1.29 is 9.72 Å². The van der Waals surface area contributed by atoms with E-state index in [9.17, 15) is 14.9 Å². The maximum atomic E-state index is 11.7. The molecule has 0 heterocycles. The van der Waals surface area contributed by atoms with Crippen molar-refractivity contribution in [1.82, 2.24) is 0 Å². The minimum Gasteiger partial charge on any atom is -0.327 e. The molecule has 104 valence electrons. The van der Waals surface area contributed by atoms with Gasteiger partial charge in [0, 0.05) is 23.6 Å². The van der Waals surface area contributed by atoms with Crippen LogP contribution in [0.3, 0.4) is 0 Å². The molecule has 0 saturated heterocycles. The van der Waals surface area contributed by atoms with E-state index in [1.165, 1.54) is 18.2 Å². The van der Waals surface area contributed by atoms with Crippen molar-refractivity contribution in [3.8, 4) is 0 Å². The van der Waals surface area contributed by atoms with E-state index in [1.807, 2.05) is 13.8 Å². The Morgan fingerprint density at radius 1 is 1.53 bits per heavy atom. The summed E-state index contributed by atoms with van der Waals surface area (Å²) in [4.78, 5) is 22.0. The molecule has 7 heteroatoms. The molecule has 1 atom stereocenters. The highest BCUT2D eigenvalue weighted by Crippen LogP contribution is 2.27. The summed E-state index contributed by atoms with van der Waals surface area (Å²) < 4.78 is 0. The number of nitrogens with zero attached hydrogens (tertiary/aromatic N) is 1. The molecule has 0 radical (unpaired) electrons. The van der Waals surface area contributed by atoms with Crippen LogP contribution in [0.1, 0.15) is 20.3 Å². The number of hydrogen-bond acceptors (Lipinski definition) is 4. The number of hydrogen-bond donors (Lipinski definition) is 2. The van der Waals surface area contributed by atoms with Crippen molar-refractivity contribution in [2.45, 2.75) is 26.3 Å². The van der Waals surface area contributed by atoms with Crippen LogP contribution in [0, 0.1) is 16.0 Å². The van der Waals surface area contributed by atoms with Crippen molar-refractivity contribution in [1.29, 1.82) is 0 Å². The molecule has 6 nitrogen and oxygen atoms in total. The molecule has 0 aromatic heterocycles. The number of rotatable bonds is 5. The number of nitro benzene ring substituents is 1. The Morgan fingerprint density at radius 2 is 2.16 bits per heavy atom. The molecule has 1 amide bonds. The largest absolute Gasteiger partial charge is 0.327 e. The maximum Gasteiger partial charge on any atom is 0.294 e. The second kappa shape index (κ2) is 6.49. The van der Waals surface area contributed by atoms with Crippen molar-refractivity contribution in [3.63, 3.8) is 0 Å². The summed E-state index contributed by atoms with van der Waals surface area (Å²) in [7, 11) is 0. The van der Waals surface area contributed by atoms with E-state index < -0.39 is 4.92 Å². The molecule has 0 aliphatic carbocycles. The van der Waals surface area contributed by atoms with Gasteiger partial charge in [-0.2, -0.15) is 0 Å². The van der Waals surface area contributed by atoms with E-state index in [1.54, 1.807) is 0 Å². The SMILES string of the molecule is CC(C)C(N)CC(=O)Nc1ccc(Cl)cc1[N+](=O)[O-]. The van der Waals surface area contributed by atoms with Gasteiger partial charge in [-0.1, -0.05) is 25.4 Å². The predicted molar refractivity (Wildman–Crippen MR) is 74.2 cm³/mol. The van der Waals surface area contributed by atoms with Gasteiger partial charge in [0.1, 0.15) is 5.69 Å². The molecule has 1 aromatic carbocycles. The van der Waals surface area contributed by atoms with Crippen LogP contribution in [0.5, 0.6) is 0 Å². The number of amides is 1. The lowest BCUT2D eigenvalue weighted by Gasteiger charge is -2.15. The lowest BCUT2D eigenvalue weighted by atomic mass is 10.0. The van der Waals surface area contributed by atoms with E-state index in [-0.39, 0.29) is 40.7 Å². The normalized spacial score (nSPS) is 12.3. The van der Waals surface area contributed by atoms with E-state index in [4.69, 9.17) is 17.3 Å². The Bertz CT molecular complexity index is 491. The third kappa shape index (κ3) is 4.50. The zero-order valence-corrected chi connectivity index (χ0v) is 11.5. The van der Waals surface area contributed by atoms with Crippen LogP contribution in [0.25, 0.3) is 0 Å². The minimum absolute atomic E-state index is 0.109.